The molecule has 0 unspecified atom stereocenters. The molecule has 0 aliphatic carbocycles. The number of likely N-dealkylation sites (N-methyl/N-ethyl adjacent to an activating group) is 1. The van der Waals surface area contributed by atoms with Crippen molar-refractivity contribution in [1.82, 2.24) is 24.2 Å². The van der Waals surface area contributed by atoms with Gasteiger partial charge >= 0.3 is 0 Å². The van der Waals surface area contributed by atoms with E-state index in [0.29, 0.717) is 6.54 Å². The van der Waals surface area contributed by atoms with Gasteiger partial charge in [0.2, 0.25) is 0 Å². The van der Waals surface area contributed by atoms with Gasteiger partial charge in [0, 0.05) is 54.9 Å². The number of hydrogen-bond acceptors (Lipinski definition) is 4. The molecule has 0 radical (unpaired) electrons. The minimum Gasteiger partial charge on any atom is -0.308 e. The molecular formula is C20H21N5O. The largest absolute Gasteiger partial charge is 0.308 e. The number of nitrogens with zero attached hydrogens (tertiary/aromatic N) is 5. The van der Waals surface area contributed by atoms with Crippen molar-refractivity contribution in [2.24, 2.45) is 7.05 Å². The Bertz CT molecular complexity index is 1160. The van der Waals surface area contributed by atoms with Gasteiger partial charge in [-0.3, -0.25) is 14.5 Å². The van der Waals surface area contributed by atoms with Crippen LogP contribution in [0.3, 0.4) is 0 Å². The summed E-state index contributed by atoms with van der Waals surface area (Å²) in [6.07, 6.45) is 5.67. The van der Waals surface area contributed by atoms with Gasteiger partial charge in [0.25, 0.3) is 5.56 Å². The molecule has 0 spiro atoms. The van der Waals surface area contributed by atoms with Crippen molar-refractivity contribution in [2.75, 3.05) is 20.6 Å². The molecule has 0 fully saturated rings. The zero-order valence-corrected chi connectivity index (χ0v) is 15.2. The van der Waals surface area contributed by atoms with Crippen LogP contribution in [0, 0.1) is 0 Å². The van der Waals surface area contributed by atoms with Gasteiger partial charge in [0.15, 0.2) is 0 Å². The van der Waals surface area contributed by atoms with Gasteiger partial charge in [-0.05, 0) is 37.9 Å². The van der Waals surface area contributed by atoms with Gasteiger partial charge in [-0.2, -0.15) is 5.10 Å². The molecule has 6 nitrogen and oxygen atoms in total. The second kappa shape index (κ2) is 6.38. The zero-order valence-electron chi connectivity index (χ0n) is 15.2. The normalized spacial score (nSPS) is 11.7. The lowest BCUT2D eigenvalue weighted by molar-refractivity contribution is 0.384. The van der Waals surface area contributed by atoms with Crippen LogP contribution in [0.1, 0.15) is 0 Å². The second-order valence-electron chi connectivity index (χ2n) is 6.82. The zero-order chi connectivity index (χ0) is 18.3. The molecule has 0 amide bonds. The average Bonchev–Trinajstić information content (AvgIpc) is 3.06. The molecule has 1 aromatic carbocycles. The molecule has 0 aliphatic rings. The molecule has 0 saturated heterocycles. The van der Waals surface area contributed by atoms with E-state index in [1.807, 2.05) is 62.5 Å². The highest BCUT2D eigenvalue weighted by molar-refractivity contribution is 6.04. The number of fused-ring (bicyclic) bond motifs is 3. The van der Waals surface area contributed by atoms with Gasteiger partial charge in [-0.25, -0.2) is 0 Å². The summed E-state index contributed by atoms with van der Waals surface area (Å²) >= 11 is 0. The minimum atomic E-state index is 0.0126. The maximum absolute atomic E-state index is 12.6. The van der Waals surface area contributed by atoms with Gasteiger partial charge in [-0.1, -0.05) is 6.07 Å². The number of hydrogen-bond donors (Lipinski definition) is 0. The Kier molecular flexibility index (Phi) is 4.05. The van der Waals surface area contributed by atoms with Gasteiger partial charge in [-0.15, -0.1) is 0 Å². The van der Waals surface area contributed by atoms with Crippen LogP contribution in [0.4, 0.5) is 0 Å². The van der Waals surface area contributed by atoms with Crippen molar-refractivity contribution >= 4 is 21.8 Å². The summed E-state index contributed by atoms with van der Waals surface area (Å²) in [7, 11) is 5.92. The highest BCUT2D eigenvalue weighted by Crippen LogP contribution is 2.28. The highest BCUT2D eigenvalue weighted by atomic mass is 16.1. The summed E-state index contributed by atoms with van der Waals surface area (Å²) in [4.78, 5) is 19.2. The van der Waals surface area contributed by atoms with E-state index < -0.39 is 0 Å². The summed E-state index contributed by atoms with van der Waals surface area (Å²) in [6, 6.07) is 9.63. The molecule has 0 N–H and O–H groups in total. The van der Waals surface area contributed by atoms with Crippen molar-refractivity contribution in [3.8, 4) is 11.1 Å². The smallest absolute Gasteiger partial charge is 0.251 e. The Hall–Kier alpha value is -2.99. The first-order valence-corrected chi connectivity index (χ1v) is 8.59. The molecule has 6 heteroatoms. The van der Waals surface area contributed by atoms with Crippen LogP contribution in [0.2, 0.25) is 0 Å². The molecule has 3 aromatic heterocycles. The molecule has 26 heavy (non-hydrogen) atoms. The maximum Gasteiger partial charge on any atom is 0.251 e. The quantitative estimate of drug-likeness (QED) is 0.532. The Morgan fingerprint density at radius 1 is 1.08 bits per heavy atom. The first kappa shape index (κ1) is 16.5. The van der Waals surface area contributed by atoms with E-state index >= 15 is 0 Å². The lowest BCUT2D eigenvalue weighted by atomic mass is 10.0. The van der Waals surface area contributed by atoms with Crippen molar-refractivity contribution < 1.29 is 0 Å². The van der Waals surface area contributed by atoms with Gasteiger partial charge in [0.05, 0.1) is 17.2 Å². The molecule has 4 rings (SSSR count). The lowest BCUT2D eigenvalue weighted by Gasteiger charge is -2.15. The average molecular weight is 347 g/mol. The van der Waals surface area contributed by atoms with Crippen molar-refractivity contribution in [3.05, 3.63) is 59.3 Å². The van der Waals surface area contributed by atoms with Crippen molar-refractivity contribution in [1.29, 1.82) is 0 Å². The Morgan fingerprint density at radius 2 is 1.92 bits per heavy atom. The molecular weight excluding hydrogens is 326 g/mol. The van der Waals surface area contributed by atoms with E-state index in [0.717, 1.165) is 39.5 Å². The van der Waals surface area contributed by atoms with Crippen LogP contribution in [-0.4, -0.2) is 44.9 Å². The molecule has 0 saturated carbocycles. The van der Waals surface area contributed by atoms with Crippen molar-refractivity contribution in [3.63, 3.8) is 0 Å². The first-order valence-electron chi connectivity index (χ1n) is 8.59. The SMILES string of the molecule is CN(C)CCn1c(=O)ccc2cnc3ccc(-c4cnn(C)c4)cc3c21. The topological polar surface area (TPSA) is 56.0 Å². The highest BCUT2D eigenvalue weighted by Gasteiger charge is 2.10. The van der Waals surface area contributed by atoms with Crippen LogP contribution < -0.4 is 5.56 Å². The van der Waals surface area contributed by atoms with E-state index in [1.54, 1.807) is 10.7 Å². The second-order valence-corrected chi connectivity index (χ2v) is 6.82. The van der Waals surface area contributed by atoms with Crippen LogP contribution in [0.5, 0.6) is 0 Å². The fourth-order valence-electron chi connectivity index (χ4n) is 3.25. The lowest BCUT2D eigenvalue weighted by Crippen LogP contribution is -2.26. The van der Waals surface area contributed by atoms with Crippen LogP contribution in [0.15, 0.2) is 53.7 Å². The Labute approximate surface area is 151 Å². The number of aryl methyl sites for hydroxylation is 1. The molecule has 4 aromatic rings. The van der Waals surface area contributed by atoms with Crippen LogP contribution in [0.25, 0.3) is 32.9 Å². The predicted octanol–water partition coefficient (Wildman–Crippen LogP) is 2.51. The van der Waals surface area contributed by atoms with E-state index in [-0.39, 0.29) is 5.56 Å². The first-order chi connectivity index (χ1) is 12.5. The summed E-state index contributed by atoms with van der Waals surface area (Å²) in [5.41, 5.74) is 3.95. The van der Waals surface area contributed by atoms with Crippen LogP contribution in [-0.2, 0) is 13.6 Å². The molecule has 3 heterocycles. The fourth-order valence-corrected chi connectivity index (χ4v) is 3.25. The summed E-state index contributed by atoms with van der Waals surface area (Å²) in [6.45, 7) is 1.44. The molecule has 0 aliphatic heterocycles. The van der Waals surface area contributed by atoms with Gasteiger partial charge in [0.1, 0.15) is 0 Å². The van der Waals surface area contributed by atoms with Crippen LogP contribution >= 0.6 is 0 Å². The molecule has 132 valence electrons. The number of rotatable bonds is 4. The van der Waals surface area contributed by atoms with E-state index in [1.165, 1.54) is 0 Å². The third-order valence-electron chi connectivity index (χ3n) is 4.62. The number of benzene rings is 1. The maximum atomic E-state index is 12.6. The Balaban J connectivity index is 1.99. The third kappa shape index (κ3) is 2.88. The monoisotopic (exact) mass is 347 g/mol. The molecule has 0 bridgehead atoms. The fraction of sp³-hybridized carbons (Fsp3) is 0.250. The summed E-state index contributed by atoms with van der Waals surface area (Å²) in [5.74, 6) is 0. The standard InChI is InChI=1S/C20H21N5O/c1-23(2)8-9-25-19(26)7-5-15-11-21-18-6-4-14(10-17(18)20(15)25)16-12-22-24(3)13-16/h4-7,10-13H,8-9H2,1-3H3. The number of pyridine rings is 2. The third-order valence-corrected chi connectivity index (χ3v) is 4.62. The van der Waals surface area contributed by atoms with E-state index in [9.17, 15) is 4.79 Å². The summed E-state index contributed by atoms with van der Waals surface area (Å²) < 4.78 is 3.64. The minimum absolute atomic E-state index is 0.0126. The van der Waals surface area contributed by atoms with E-state index in [4.69, 9.17) is 0 Å². The molecule has 0 atom stereocenters. The summed E-state index contributed by atoms with van der Waals surface area (Å²) in [5, 5.41) is 6.21. The van der Waals surface area contributed by atoms with E-state index in [2.05, 4.69) is 21.0 Å². The van der Waals surface area contributed by atoms with Crippen molar-refractivity contribution in [2.45, 2.75) is 6.54 Å². The predicted molar refractivity (Wildman–Crippen MR) is 104 cm³/mol. The number of aromatic nitrogens is 4. The Morgan fingerprint density at radius 3 is 2.65 bits per heavy atom. The van der Waals surface area contributed by atoms with Gasteiger partial charge < -0.3 is 9.47 Å².